The summed E-state index contributed by atoms with van der Waals surface area (Å²) in [6.07, 6.45) is 0. The van der Waals surface area contributed by atoms with Crippen LogP contribution in [0.1, 0.15) is 45.7 Å². The number of aromatic hydroxyl groups is 1. The summed E-state index contributed by atoms with van der Waals surface area (Å²) in [4.78, 5) is 23.8. The zero-order chi connectivity index (χ0) is 18.0. The lowest BCUT2D eigenvalue weighted by Gasteiger charge is -2.21. The van der Waals surface area contributed by atoms with Crippen LogP contribution in [-0.2, 0) is 0 Å². The Morgan fingerprint density at radius 3 is 1.88 bits per heavy atom. The first kappa shape index (κ1) is 16.7. The molecule has 0 atom stereocenters. The molecule has 3 aromatic rings. The molecule has 3 rings (SSSR count). The molecule has 126 valence electrons. The van der Waals surface area contributed by atoms with Gasteiger partial charge in [0.15, 0.2) is 5.78 Å². The molecular formula is C21H18O4. The van der Waals surface area contributed by atoms with E-state index in [4.69, 9.17) is 4.42 Å². The number of carbonyl (C=O) groups is 1. The van der Waals surface area contributed by atoms with Gasteiger partial charge in [-0.15, -0.1) is 0 Å². The number of rotatable bonds is 4. The van der Waals surface area contributed by atoms with E-state index in [1.54, 1.807) is 6.92 Å². The second-order valence-corrected chi connectivity index (χ2v) is 5.89. The molecule has 0 aliphatic heterocycles. The first-order chi connectivity index (χ1) is 12.0. The number of hydrogen-bond donors (Lipinski definition) is 1. The second-order valence-electron chi connectivity index (χ2n) is 5.89. The van der Waals surface area contributed by atoms with Crippen LogP contribution in [0.15, 0.2) is 69.9 Å². The van der Waals surface area contributed by atoms with Crippen LogP contribution in [0.3, 0.4) is 0 Å². The van der Waals surface area contributed by atoms with Crippen LogP contribution in [0.4, 0.5) is 0 Å². The SMILES string of the molecule is CC(=O)c1c(O)c(C(c2ccccc2)c2ccccc2)c(C)oc1=O. The Balaban J connectivity index is 2.34. The summed E-state index contributed by atoms with van der Waals surface area (Å²) in [5.41, 5.74) is 1.16. The third-order valence-electron chi connectivity index (χ3n) is 4.23. The maximum atomic E-state index is 12.0. The van der Waals surface area contributed by atoms with Gasteiger partial charge in [0.1, 0.15) is 17.1 Å². The van der Waals surface area contributed by atoms with Crippen LogP contribution in [0, 0.1) is 6.92 Å². The fraction of sp³-hybridized carbons (Fsp3) is 0.143. The molecule has 0 amide bonds. The van der Waals surface area contributed by atoms with E-state index >= 15 is 0 Å². The Hall–Kier alpha value is -3.14. The van der Waals surface area contributed by atoms with Gasteiger partial charge in [-0.25, -0.2) is 4.79 Å². The van der Waals surface area contributed by atoms with Crippen LogP contribution in [0.5, 0.6) is 5.75 Å². The Labute approximate surface area is 145 Å². The van der Waals surface area contributed by atoms with E-state index in [-0.39, 0.29) is 17.2 Å². The molecule has 0 unspecified atom stereocenters. The maximum Gasteiger partial charge on any atom is 0.350 e. The summed E-state index contributed by atoms with van der Waals surface area (Å²) in [5.74, 6) is -0.888. The van der Waals surface area contributed by atoms with Crippen molar-refractivity contribution < 1.29 is 14.3 Å². The first-order valence-electron chi connectivity index (χ1n) is 7.98. The molecule has 0 bridgehead atoms. The van der Waals surface area contributed by atoms with Gasteiger partial charge in [-0.1, -0.05) is 60.7 Å². The third kappa shape index (κ3) is 3.11. The molecule has 1 aromatic heterocycles. The van der Waals surface area contributed by atoms with Crippen LogP contribution < -0.4 is 5.63 Å². The third-order valence-corrected chi connectivity index (χ3v) is 4.23. The molecule has 0 saturated heterocycles. The standard InChI is InChI=1S/C21H18O4/c1-13(22)17-20(23)18(14(2)25-21(17)24)19(15-9-5-3-6-10-15)16-11-7-4-8-12-16/h3-12,19,23H,1-2H3. The average Bonchev–Trinajstić information content (AvgIpc) is 2.59. The van der Waals surface area contributed by atoms with Gasteiger partial charge in [0.2, 0.25) is 0 Å². The molecule has 0 aliphatic carbocycles. The predicted molar refractivity (Wildman–Crippen MR) is 95.2 cm³/mol. The van der Waals surface area contributed by atoms with Gasteiger partial charge in [0.25, 0.3) is 0 Å². The quantitative estimate of drug-likeness (QED) is 0.731. The summed E-state index contributed by atoms with van der Waals surface area (Å²) < 4.78 is 5.27. The minimum atomic E-state index is -0.814. The zero-order valence-electron chi connectivity index (χ0n) is 14.0. The minimum Gasteiger partial charge on any atom is -0.506 e. The molecule has 0 radical (unpaired) electrons. The van der Waals surface area contributed by atoms with E-state index in [9.17, 15) is 14.7 Å². The summed E-state index contributed by atoms with van der Waals surface area (Å²) >= 11 is 0. The fourth-order valence-corrected chi connectivity index (χ4v) is 3.11. The normalized spacial score (nSPS) is 10.8. The highest BCUT2D eigenvalue weighted by atomic mass is 16.4. The highest BCUT2D eigenvalue weighted by molar-refractivity contribution is 5.96. The molecule has 0 fully saturated rings. The Bertz CT molecular complexity index is 917. The molecule has 4 heteroatoms. The smallest absolute Gasteiger partial charge is 0.350 e. The number of Topliss-reactive ketones (excluding diaryl/α,β-unsaturated/α-hetero) is 1. The van der Waals surface area contributed by atoms with E-state index < -0.39 is 11.4 Å². The number of ketones is 1. The number of hydrogen-bond acceptors (Lipinski definition) is 4. The van der Waals surface area contributed by atoms with Crippen molar-refractivity contribution >= 4 is 5.78 Å². The molecule has 1 heterocycles. The predicted octanol–water partition coefficient (Wildman–Crippen LogP) is 4.04. The van der Waals surface area contributed by atoms with Gasteiger partial charge in [-0.05, 0) is 25.0 Å². The lowest BCUT2D eigenvalue weighted by Crippen LogP contribution is -2.17. The largest absolute Gasteiger partial charge is 0.506 e. The molecule has 0 spiro atoms. The van der Waals surface area contributed by atoms with Crippen molar-refractivity contribution in [2.24, 2.45) is 0 Å². The van der Waals surface area contributed by atoms with Crippen molar-refractivity contribution in [3.05, 3.63) is 99.1 Å². The zero-order valence-corrected chi connectivity index (χ0v) is 14.0. The van der Waals surface area contributed by atoms with E-state index in [0.29, 0.717) is 11.3 Å². The van der Waals surface area contributed by atoms with Gasteiger partial charge < -0.3 is 9.52 Å². The monoisotopic (exact) mass is 334 g/mol. The highest BCUT2D eigenvalue weighted by Gasteiger charge is 2.28. The summed E-state index contributed by atoms with van der Waals surface area (Å²) in [6, 6.07) is 19.2. The van der Waals surface area contributed by atoms with Crippen molar-refractivity contribution in [1.82, 2.24) is 0 Å². The topological polar surface area (TPSA) is 67.5 Å². The van der Waals surface area contributed by atoms with Crippen LogP contribution in [-0.4, -0.2) is 10.9 Å². The minimum absolute atomic E-state index is 0.296. The molecule has 0 saturated carbocycles. The Kier molecular flexibility index (Phi) is 4.52. The molecule has 25 heavy (non-hydrogen) atoms. The second kappa shape index (κ2) is 6.77. The van der Waals surface area contributed by atoms with E-state index in [2.05, 4.69) is 0 Å². The van der Waals surface area contributed by atoms with Gasteiger partial charge in [0.05, 0.1) is 0 Å². The van der Waals surface area contributed by atoms with E-state index in [0.717, 1.165) is 11.1 Å². The fourth-order valence-electron chi connectivity index (χ4n) is 3.11. The van der Waals surface area contributed by atoms with Gasteiger partial charge in [-0.3, -0.25) is 4.79 Å². The molecule has 2 aromatic carbocycles. The molecule has 1 N–H and O–H groups in total. The number of benzene rings is 2. The Morgan fingerprint density at radius 2 is 1.44 bits per heavy atom. The van der Waals surface area contributed by atoms with Crippen molar-refractivity contribution in [2.75, 3.05) is 0 Å². The lowest BCUT2D eigenvalue weighted by molar-refractivity contribution is 0.101. The van der Waals surface area contributed by atoms with Gasteiger partial charge in [-0.2, -0.15) is 0 Å². The van der Waals surface area contributed by atoms with Crippen molar-refractivity contribution in [3.8, 4) is 5.75 Å². The van der Waals surface area contributed by atoms with Crippen molar-refractivity contribution in [1.29, 1.82) is 0 Å². The average molecular weight is 334 g/mol. The maximum absolute atomic E-state index is 12.0. The number of aryl methyl sites for hydroxylation is 1. The molecule has 0 aliphatic rings. The van der Waals surface area contributed by atoms with Crippen LogP contribution >= 0.6 is 0 Å². The van der Waals surface area contributed by atoms with E-state index in [1.807, 2.05) is 60.7 Å². The van der Waals surface area contributed by atoms with Crippen LogP contribution in [0.25, 0.3) is 0 Å². The molecular weight excluding hydrogens is 316 g/mol. The number of carbonyl (C=O) groups excluding carboxylic acids is 1. The van der Waals surface area contributed by atoms with Gasteiger partial charge in [0, 0.05) is 11.5 Å². The van der Waals surface area contributed by atoms with Crippen LogP contribution in [0.2, 0.25) is 0 Å². The first-order valence-corrected chi connectivity index (χ1v) is 7.98. The summed E-state index contributed by atoms with van der Waals surface area (Å²) in [7, 11) is 0. The molecule has 4 nitrogen and oxygen atoms in total. The Morgan fingerprint density at radius 1 is 0.960 bits per heavy atom. The van der Waals surface area contributed by atoms with Crippen molar-refractivity contribution in [3.63, 3.8) is 0 Å². The summed E-state index contributed by atoms with van der Waals surface area (Å²) in [5, 5.41) is 10.7. The van der Waals surface area contributed by atoms with Crippen molar-refractivity contribution in [2.45, 2.75) is 19.8 Å². The summed E-state index contributed by atoms with van der Waals surface area (Å²) in [6.45, 7) is 2.87. The van der Waals surface area contributed by atoms with E-state index in [1.165, 1.54) is 6.92 Å². The van der Waals surface area contributed by atoms with Gasteiger partial charge >= 0.3 is 5.63 Å². The lowest BCUT2D eigenvalue weighted by atomic mass is 9.83. The highest BCUT2D eigenvalue weighted by Crippen LogP contribution is 2.39.